The molecule has 0 saturated carbocycles. The van der Waals surface area contributed by atoms with Gasteiger partial charge in [-0.1, -0.05) is 6.07 Å². The Kier molecular flexibility index (Phi) is 2.47. The van der Waals surface area contributed by atoms with Crippen molar-refractivity contribution in [3.05, 3.63) is 17.5 Å². The van der Waals surface area contributed by atoms with Gasteiger partial charge in [-0.25, -0.2) is 4.68 Å². The molecule has 0 radical (unpaired) electrons. The molecule has 4 heterocycles. The summed E-state index contributed by atoms with van der Waals surface area (Å²) in [5.41, 5.74) is 0. The van der Waals surface area contributed by atoms with Crippen LogP contribution in [0.5, 0.6) is 0 Å². The molecule has 2 aliphatic heterocycles. The normalized spacial score (nSPS) is 29.9. The van der Waals surface area contributed by atoms with Crippen molar-refractivity contribution in [3.8, 4) is 10.7 Å². The van der Waals surface area contributed by atoms with Gasteiger partial charge in [0.15, 0.2) is 11.6 Å². The Morgan fingerprint density at radius 1 is 1.47 bits per heavy atom. The van der Waals surface area contributed by atoms with Gasteiger partial charge in [0.1, 0.15) is 6.10 Å². The molecule has 0 aliphatic carbocycles. The Bertz CT molecular complexity index is 611. The van der Waals surface area contributed by atoms with Gasteiger partial charge in [-0.15, -0.1) is 16.4 Å². The number of ketones is 1. The van der Waals surface area contributed by atoms with Crippen LogP contribution in [-0.4, -0.2) is 45.0 Å². The maximum Gasteiger partial charge on any atom is 0.218 e. The highest BCUT2D eigenvalue weighted by atomic mass is 32.1. The van der Waals surface area contributed by atoms with Crippen molar-refractivity contribution in [1.82, 2.24) is 20.2 Å². The lowest BCUT2D eigenvalue weighted by Crippen LogP contribution is -2.37. The number of fused-ring (bicyclic) bond motifs is 2. The molecule has 0 N–H and O–H groups in total. The molecule has 0 unspecified atom stereocenters. The SMILES string of the molecule is O=C1C[C@@H](n2nnnc2-c2cccs2)[C@H]2CO[C@@H]1O2. The van der Waals surface area contributed by atoms with Crippen LogP contribution in [0.2, 0.25) is 0 Å². The van der Waals surface area contributed by atoms with E-state index in [1.54, 1.807) is 16.0 Å². The molecule has 7 nitrogen and oxygen atoms in total. The average molecular weight is 278 g/mol. The summed E-state index contributed by atoms with van der Waals surface area (Å²) in [5, 5.41) is 13.8. The van der Waals surface area contributed by atoms with Gasteiger partial charge in [0.05, 0.1) is 17.5 Å². The molecule has 2 fully saturated rings. The van der Waals surface area contributed by atoms with Crippen molar-refractivity contribution < 1.29 is 14.3 Å². The van der Waals surface area contributed by atoms with Gasteiger partial charge in [0.2, 0.25) is 6.29 Å². The number of rotatable bonds is 2. The van der Waals surface area contributed by atoms with Crippen molar-refractivity contribution >= 4 is 17.1 Å². The van der Waals surface area contributed by atoms with E-state index in [-0.39, 0.29) is 17.9 Å². The van der Waals surface area contributed by atoms with Crippen molar-refractivity contribution in [2.24, 2.45) is 0 Å². The molecule has 0 amide bonds. The minimum atomic E-state index is -0.692. The summed E-state index contributed by atoms with van der Waals surface area (Å²) in [4.78, 5) is 12.8. The van der Waals surface area contributed by atoms with Crippen LogP contribution >= 0.6 is 11.3 Å². The number of carbonyl (C=O) groups excluding carboxylic acids is 1. The Balaban J connectivity index is 1.73. The first-order valence-corrected chi connectivity index (χ1v) is 6.82. The van der Waals surface area contributed by atoms with Gasteiger partial charge in [0.25, 0.3) is 0 Å². The predicted octanol–water partition coefficient (Wildman–Crippen LogP) is 0.657. The highest BCUT2D eigenvalue weighted by Crippen LogP contribution is 2.35. The molecular weight excluding hydrogens is 268 g/mol. The largest absolute Gasteiger partial charge is 0.343 e. The van der Waals surface area contributed by atoms with Crippen LogP contribution in [0.15, 0.2) is 17.5 Å². The van der Waals surface area contributed by atoms with Gasteiger partial charge in [0, 0.05) is 6.42 Å². The summed E-state index contributed by atoms with van der Waals surface area (Å²) < 4.78 is 12.5. The van der Waals surface area contributed by atoms with Crippen LogP contribution in [-0.2, 0) is 14.3 Å². The summed E-state index contributed by atoms with van der Waals surface area (Å²) in [7, 11) is 0. The van der Waals surface area contributed by atoms with Crippen LogP contribution in [0.3, 0.4) is 0 Å². The fraction of sp³-hybridized carbons (Fsp3) is 0.455. The average Bonchev–Trinajstić information content (AvgIpc) is 3.14. The standard InChI is InChI=1S/C11H10N4O3S/c16-7-4-6(8-5-17-11(7)18-8)15-10(12-13-14-15)9-2-1-3-19-9/h1-3,6,8,11H,4-5H2/t6-,8-,11-/m1/s1. The monoisotopic (exact) mass is 278 g/mol. The zero-order valence-electron chi connectivity index (χ0n) is 9.80. The van der Waals surface area contributed by atoms with Crippen LogP contribution in [0.25, 0.3) is 10.7 Å². The van der Waals surface area contributed by atoms with Crippen LogP contribution in [0.1, 0.15) is 12.5 Å². The number of ether oxygens (including phenoxy) is 2. The third-order valence-corrected chi connectivity index (χ3v) is 4.23. The Hall–Kier alpha value is -1.64. The molecule has 2 saturated heterocycles. The van der Waals surface area contributed by atoms with E-state index in [0.29, 0.717) is 18.9 Å². The number of Topliss-reactive ketones (excluding diaryl/α,β-unsaturated/α-hetero) is 1. The minimum absolute atomic E-state index is 0.0496. The quantitative estimate of drug-likeness (QED) is 0.802. The highest BCUT2D eigenvalue weighted by molar-refractivity contribution is 7.13. The molecule has 2 aliphatic rings. The van der Waals surface area contributed by atoms with Gasteiger partial charge < -0.3 is 9.47 Å². The molecule has 2 bridgehead atoms. The van der Waals surface area contributed by atoms with Crippen molar-refractivity contribution in [2.45, 2.75) is 24.9 Å². The number of thiophene rings is 1. The fourth-order valence-corrected chi connectivity index (χ4v) is 3.15. The van der Waals surface area contributed by atoms with Crippen molar-refractivity contribution in [1.29, 1.82) is 0 Å². The molecule has 3 atom stereocenters. The van der Waals surface area contributed by atoms with E-state index in [1.807, 2.05) is 17.5 Å². The summed E-state index contributed by atoms with van der Waals surface area (Å²) in [6.07, 6.45) is -0.508. The smallest absolute Gasteiger partial charge is 0.218 e. The van der Waals surface area contributed by atoms with Crippen LogP contribution in [0, 0.1) is 0 Å². The Morgan fingerprint density at radius 2 is 2.42 bits per heavy atom. The lowest BCUT2D eigenvalue weighted by Gasteiger charge is -2.26. The minimum Gasteiger partial charge on any atom is -0.343 e. The predicted molar refractivity (Wildman–Crippen MR) is 64.4 cm³/mol. The summed E-state index contributed by atoms with van der Waals surface area (Å²) in [6, 6.07) is 3.70. The summed E-state index contributed by atoms with van der Waals surface area (Å²) in [6.45, 7) is 0.408. The van der Waals surface area contributed by atoms with E-state index < -0.39 is 6.29 Å². The fourth-order valence-electron chi connectivity index (χ4n) is 2.45. The van der Waals surface area contributed by atoms with Gasteiger partial charge in [-0.05, 0) is 21.9 Å². The number of hydrogen-bond donors (Lipinski definition) is 0. The lowest BCUT2D eigenvalue weighted by atomic mass is 10.0. The number of hydrogen-bond acceptors (Lipinski definition) is 7. The molecule has 0 spiro atoms. The summed E-state index contributed by atoms with van der Waals surface area (Å²) >= 11 is 1.56. The van der Waals surface area contributed by atoms with Crippen LogP contribution in [0.4, 0.5) is 0 Å². The van der Waals surface area contributed by atoms with E-state index >= 15 is 0 Å². The zero-order valence-corrected chi connectivity index (χ0v) is 10.6. The highest BCUT2D eigenvalue weighted by Gasteiger charge is 2.45. The lowest BCUT2D eigenvalue weighted by molar-refractivity contribution is -0.156. The van der Waals surface area contributed by atoms with Gasteiger partial charge in [-0.3, -0.25) is 4.79 Å². The number of carbonyl (C=O) groups is 1. The first kappa shape index (κ1) is 11.2. The Morgan fingerprint density at radius 3 is 3.26 bits per heavy atom. The second-order valence-electron chi connectivity index (χ2n) is 4.50. The maximum atomic E-state index is 11.8. The van der Waals surface area contributed by atoms with Crippen molar-refractivity contribution in [2.75, 3.05) is 6.61 Å². The second kappa shape index (κ2) is 4.19. The first-order chi connectivity index (χ1) is 9.33. The maximum absolute atomic E-state index is 11.8. The second-order valence-corrected chi connectivity index (χ2v) is 5.45. The molecule has 0 aromatic carbocycles. The van der Waals surface area contributed by atoms with Gasteiger partial charge >= 0.3 is 0 Å². The van der Waals surface area contributed by atoms with E-state index in [9.17, 15) is 4.79 Å². The number of nitrogens with zero attached hydrogens (tertiary/aromatic N) is 4. The van der Waals surface area contributed by atoms with E-state index in [0.717, 1.165) is 4.88 Å². The zero-order chi connectivity index (χ0) is 12.8. The molecular formula is C11H10N4O3S. The summed E-state index contributed by atoms with van der Waals surface area (Å²) in [5.74, 6) is 0.619. The van der Waals surface area contributed by atoms with E-state index in [4.69, 9.17) is 9.47 Å². The number of tetrazole rings is 1. The van der Waals surface area contributed by atoms with Crippen LogP contribution < -0.4 is 0 Å². The van der Waals surface area contributed by atoms with E-state index in [1.165, 1.54) is 0 Å². The van der Waals surface area contributed by atoms with Gasteiger partial charge in [-0.2, -0.15) is 0 Å². The number of aromatic nitrogens is 4. The topological polar surface area (TPSA) is 79.1 Å². The third kappa shape index (κ3) is 1.71. The molecule has 2 aromatic heterocycles. The molecule has 19 heavy (non-hydrogen) atoms. The molecule has 4 rings (SSSR count). The molecule has 98 valence electrons. The van der Waals surface area contributed by atoms with Crippen molar-refractivity contribution in [3.63, 3.8) is 0 Å². The third-order valence-electron chi connectivity index (χ3n) is 3.36. The molecule has 2 aromatic rings. The van der Waals surface area contributed by atoms with E-state index in [2.05, 4.69) is 15.5 Å². The molecule has 8 heteroatoms. The first-order valence-electron chi connectivity index (χ1n) is 5.94. The Labute approximate surface area is 112 Å².